The summed E-state index contributed by atoms with van der Waals surface area (Å²) < 4.78 is 0. The largest absolute Gasteiger partial charge is 0.297 e. The number of nitriles is 1. The molecular formula is C12H22N2. The predicted octanol–water partition coefficient (Wildman–Crippen LogP) is 2.70. The molecule has 0 aromatic rings. The van der Waals surface area contributed by atoms with Crippen molar-refractivity contribution in [3.05, 3.63) is 0 Å². The lowest BCUT2D eigenvalue weighted by atomic mass is 9.71. The maximum absolute atomic E-state index is 9.28. The van der Waals surface area contributed by atoms with Crippen molar-refractivity contribution < 1.29 is 0 Å². The molecule has 0 aromatic heterocycles. The molecule has 0 aromatic carbocycles. The molecule has 1 fully saturated rings. The monoisotopic (exact) mass is 194 g/mol. The summed E-state index contributed by atoms with van der Waals surface area (Å²) in [4.78, 5) is 0. The Labute approximate surface area is 87.7 Å². The quantitative estimate of drug-likeness (QED) is 0.733. The van der Waals surface area contributed by atoms with Gasteiger partial charge in [0.25, 0.3) is 0 Å². The van der Waals surface area contributed by atoms with Crippen molar-refractivity contribution in [1.29, 1.82) is 5.26 Å². The first-order chi connectivity index (χ1) is 6.49. The van der Waals surface area contributed by atoms with Gasteiger partial charge in [0.2, 0.25) is 0 Å². The van der Waals surface area contributed by atoms with Crippen LogP contribution in [0.25, 0.3) is 0 Å². The van der Waals surface area contributed by atoms with Gasteiger partial charge in [0, 0.05) is 6.04 Å². The molecule has 1 aliphatic carbocycles. The van der Waals surface area contributed by atoms with Gasteiger partial charge < -0.3 is 0 Å². The summed E-state index contributed by atoms with van der Waals surface area (Å²) in [5, 5.41) is 12.7. The number of rotatable bonds is 2. The third-order valence-electron chi connectivity index (χ3n) is 3.45. The van der Waals surface area contributed by atoms with E-state index >= 15 is 0 Å². The third kappa shape index (κ3) is 2.48. The molecule has 3 unspecified atom stereocenters. The summed E-state index contributed by atoms with van der Waals surface area (Å²) in [5.41, 5.74) is -0.250. The van der Waals surface area contributed by atoms with Gasteiger partial charge in [0.05, 0.1) is 6.07 Å². The summed E-state index contributed by atoms with van der Waals surface area (Å²) in [6, 6.07) is 2.89. The van der Waals surface area contributed by atoms with Crippen LogP contribution in [0.4, 0.5) is 0 Å². The summed E-state index contributed by atoms with van der Waals surface area (Å²) in [7, 11) is 0. The van der Waals surface area contributed by atoms with Crippen LogP contribution >= 0.6 is 0 Å². The number of hydrogen-bond acceptors (Lipinski definition) is 2. The molecule has 14 heavy (non-hydrogen) atoms. The molecule has 2 nitrogen and oxygen atoms in total. The van der Waals surface area contributed by atoms with E-state index in [4.69, 9.17) is 0 Å². The van der Waals surface area contributed by atoms with Crippen LogP contribution in [-0.2, 0) is 0 Å². The molecule has 0 spiro atoms. The molecule has 0 radical (unpaired) electrons. The number of nitrogens with zero attached hydrogens (tertiary/aromatic N) is 1. The molecule has 1 rings (SSSR count). The minimum atomic E-state index is -0.250. The summed E-state index contributed by atoms with van der Waals surface area (Å²) >= 11 is 0. The van der Waals surface area contributed by atoms with Crippen LogP contribution in [0.3, 0.4) is 0 Å². The maximum atomic E-state index is 9.28. The molecule has 0 heterocycles. The zero-order chi connectivity index (χ0) is 10.8. The highest BCUT2D eigenvalue weighted by molar-refractivity contribution is 5.10. The van der Waals surface area contributed by atoms with Crippen molar-refractivity contribution in [3.8, 4) is 6.07 Å². The minimum absolute atomic E-state index is 0.250. The SMILES string of the molecule is CC(C)NC1(C#N)CCC(C)C(C)C1. The Balaban J connectivity index is 2.68. The second-order valence-corrected chi connectivity index (χ2v) is 5.19. The van der Waals surface area contributed by atoms with Gasteiger partial charge in [0.1, 0.15) is 5.54 Å². The van der Waals surface area contributed by atoms with E-state index in [-0.39, 0.29) is 5.54 Å². The fourth-order valence-electron chi connectivity index (χ4n) is 2.43. The van der Waals surface area contributed by atoms with Gasteiger partial charge in [-0.1, -0.05) is 13.8 Å². The van der Waals surface area contributed by atoms with E-state index in [2.05, 4.69) is 39.1 Å². The molecule has 2 heteroatoms. The van der Waals surface area contributed by atoms with Gasteiger partial charge in [-0.15, -0.1) is 0 Å². The van der Waals surface area contributed by atoms with Crippen molar-refractivity contribution in [2.75, 3.05) is 0 Å². The fraction of sp³-hybridized carbons (Fsp3) is 0.917. The van der Waals surface area contributed by atoms with Crippen LogP contribution in [0.15, 0.2) is 0 Å². The van der Waals surface area contributed by atoms with Crippen LogP contribution in [-0.4, -0.2) is 11.6 Å². The first kappa shape index (κ1) is 11.5. The fourth-order valence-corrected chi connectivity index (χ4v) is 2.43. The van der Waals surface area contributed by atoms with Crippen molar-refractivity contribution in [1.82, 2.24) is 5.32 Å². The van der Waals surface area contributed by atoms with Gasteiger partial charge in [-0.3, -0.25) is 5.32 Å². The van der Waals surface area contributed by atoms with E-state index in [0.717, 1.165) is 18.8 Å². The van der Waals surface area contributed by atoms with Crippen LogP contribution in [0.2, 0.25) is 0 Å². The lowest BCUT2D eigenvalue weighted by Gasteiger charge is -2.39. The second-order valence-electron chi connectivity index (χ2n) is 5.19. The normalized spacial score (nSPS) is 38.3. The highest BCUT2D eigenvalue weighted by Gasteiger charge is 2.37. The Hall–Kier alpha value is -0.550. The molecule has 1 N–H and O–H groups in total. The van der Waals surface area contributed by atoms with Crippen LogP contribution < -0.4 is 5.32 Å². The zero-order valence-corrected chi connectivity index (χ0v) is 9.80. The van der Waals surface area contributed by atoms with E-state index < -0.39 is 0 Å². The van der Waals surface area contributed by atoms with Crippen molar-refractivity contribution in [2.45, 2.75) is 58.5 Å². The van der Waals surface area contributed by atoms with Gasteiger partial charge in [0.15, 0.2) is 0 Å². The highest BCUT2D eigenvalue weighted by atomic mass is 15.0. The van der Waals surface area contributed by atoms with E-state index in [1.165, 1.54) is 6.42 Å². The predicted molar refractivity (Wildman–Crippen MR) is 58.8 cm³/mol. The van der Waals surface area contributed by atoms with Gasteiger partial charge >= 0.3 is 0 Å². The first-order valence-corrected chi connectivity index (χ1v) is 5.68. The smallest absolute Gasteiger partial charge is 0.107 e. The molecular weight excluding hydrogens is 172 g/mol. The second kappa shape index (κ2) is 4.31. The average Bonchev–Trinajstić information content (AvgIpc) is 2.11. The van der Waals surface area contributed by atoms with Crippen LogP contribution in [0.1, 0.15) is 47.0 Å². The van der Waals surface area contributed by atoms with E-state index in [1.54, 1.807) is 0 Å². The molecule has 80 valence electrons. The summed E-state index contributed by atoms with van der Waals surface area (Å²) in [6.07, 6.45) is 3.19. The molecule has 0 saturated heterocycles. The summed E-state index contributed by atoms with van der Waals surface area (Å²) in [5.74, 6) is 1.43. The molecule has 1 saturated carbocycles. The maximum Gasteiger partial charge on any atom is 0.107 e. The molecule has 1 aliphatic rings. The standard InChI is InChI=1S/C12H22N2/c1-9(2)14-12(8-13)6-5-10(3)11(4)7-12/h9-11,14H,5-7H2,1-4H3. The van der Waals surface area contributed by atoms with Gasteiger partial charge in [-0.05, 0) is 44.9 Å². The Bertz CT molecular complexity index is 229. The van der Waals surface area contributed by atoms with E-state index in [0.29, 0.717) is 12.0 Å². The topological polar surface area (TPSA) is 35.8 Å². The minimum Gasteiger partial charge on any atom is -0.297 e. The number of hydrogen-bond donors (Lipinski definition) is 1. The van der Waals surface area contributed by atoms with Gasteiger partial charge in [-0.25, -0.2) is 0 Å². The Kier molecular flexibility index (Phi) is 3.55. The Morgan fingerprint density at radius 1 is 1.36 bits per heavy atom. The lowest BCUT2D eigenvalue weighted by molar-refractivity contribution is 0.174. The molecule has 0 bridgehead atoms. The zero-order valence-electron chi connectivity index (χ0n) is 9.80. The highest BCUT2D eigenvalue weighted by Crippen LogP contribution is 2.36. The average molecular weight is 194 g/mol. The van der Waals surface area contributed by atoms with Gasteiger partial charge in [-0.2, -0.15) is 5.26 Å². The van der Waals surface area contributed by atoms with Crippen LogP contribution in [0, 0.1) is 23.2 Å². The van der Waals surface area contributed by atoms with Crippen molar-refractivity contribution in [3.63, 3.8) is 0 Å². The molecule has 0 aliphatic heterocycles. The van der Waals surface area contributed by atoms with Crippen LogP contribution in [0.5, 0.6) is 0 Å². The molecule has 3 atom stereocenters. The third-order valence-corrected chi connectivity index (χ3v) is 3.45. The van der Waals surface area contributed by atoms with Crippen molar-refractivity contribution >= 4 is 0 Å². The Morgan fingerprint density at radius 2 is 2.00 bits per heavy atom. The van der Waals surface area contributed by atoms with E-state index in [9.17, 15) is 5.26 Å². The molecule has 0 amide bonds. The summed E-state index contributed by atoms with van der Waals surface area (Å²) in [6.45, 7) is 8.78. The van der Waals surface area contributed by atoms with Crippen molar-refractivity contribution in [2.24, 2.45) is 11.8 Å². The first-order valence-electron chi connectivity index (χ1n) is 5.68. The Morgan fingerprint density at radius 3 is 2.43 bits per heavy atom. The lowest BCUT2D eigenvalue weighted by Crippen LogP contribution is -2.51. The number of nitrogens with one attached hydrogen (secondary N) is 1. The van der Waals surface area contributed by atoms with E-state index in [1.807, 2.05) is 0 Å².